The smallest absolute Gasteiger partial charge is 0.255 e. The van der Waals surface area contributed by atoms with Gasteiger partial charge in [0.25, 0.3) is 11.8 Å². The van der Waals surface area contributed by atoms with Gasteiger partial charge in [0.2, 0.25) is 0 Å². The number of amides is 2. The second kappa shape index (κ2) is 8.26. The summed E-state index contributed by atoms with van der Waals surface area (Å²) in [5, 5.41) is 18.1. The number of hydrogen-bond donors (Lipinski definition) is 4. The van der Waals surface area contributed by atoms with Crippen molar-refractivity contribution in [3.05, 3.63) is 89.5 Å². The van der Waals surface area contributed by atoms with E-state index in [0.29, 0.717) is 23.4 Å². The average molecular weight is 387 g/mol. The highest BCUT2D eigenvalue weighted by molar-refractivity contribution is 6.12. The van der Waals surface area contributed by atoms with Crippen molar-refractivity contribution in [3.63, 3.8) is 0 Å². The molecule has 0 fully saturated rings. The van der Waals surface area contributed by atoms with Gasteiger partial charge in [-0.1, -0.05) is 54.6 Å². The Balaban J connectivity index is 1.78. The Labute approximate surface area is 168 Å². The lowest BCUT2D eigenvalue weighted by atomic mass is 9.94. The van der Waals surface area contributed by atoms with Crippen LogP contribution in [-0.2, 0) is 0 Å². The van der Waals surface area contributed by atoms with Crippen molar-refractivity contribution in [1.82, 2.24) is 10.6 Å². The summed E-state index contributed by atoms with van der Waals surface area (Å²) >= 11 is 0. The van der Waals surface area contributed by atoms with E-state index in [1.807, 2.05) is 42.5 Å². The first-order valence-corrected chi connectivity index (χ1v) is 9.43. The van der Waals surface area contributed by atoms with E-state index < -0.39 is 6.17 Å². The Morgan fingerprint density at radius 3 is 2.34 bits per heavy atom. The largest absolute Gasteiger partial charge is 0.395 e. The molecule has 29 heavy (non-hydrogen) atoms. The fourth-order valence-corrected chi connectivity index (χ4v) is 3.56. The van der Waals surface area contributed by atoms with Crippen molar-refractivity contribution in [2.45, 2.75) is 6.17 Å². The van der Waals surface area contributed by atoms with Crippen LogP contribution in [0.3, 0.4) is 0 Å². The number of aliphatic hydroxyl groups excluding tert-OH is 1. The van der Waals surface area contributed by atoms with Crippen LogP contribution in [0.15, 0.2) is 72.8 Å². The molecule has 1 heterocycles. The van der Waals surface area contributed by atoms with Crippen LogP contribution in [0.1, 0.15) is 32.4 Å². The summed E-state index contributed by atoms with van der Waals surface area (Å²) < 4.78 is 0. The van der Waals surface area contributed by atoms with E-state index in [1.54, 1.807) is 30.3 Å². The van der Waals surface area contributed by atoms with Crippen molar-refractivity contribution in [2.75, 3.05) is 18.5 Å². The van der Waals surface area contributed by atoms with E-state index >= 15 is 0 Å². The molecule has 1 aliphatic rings. The molecule has 3 aromatic rings. The molecule has 6 nitrogen and oxygen atoms in total. The Kier molecular flexibility index (Phi) is 5.37. The minimum atomic E-state index is -0.451. The van der Waals surface area contributed by atoms with Gasteiger partial charge in [0, 0.05) is 17.7 Å². The molecule has 2 amide bonds. The molecule has 0 saturated heterocycles. The van der Waals surface area contributed by atoms with Crippen LogP contribution in [0.4, 0.5) is 5.69 Å². The van der Waals surface area contributed by atoms with Gasteiger partial charge in [-0.15, -0.1) is 0 Å². The quantitative estimate of drug-likeness (QED) is 0.524. The number of carbonyl (C=O) groups is 2. The lowest BCUT2D eigenvalue weighted by molar-refractivity contribution is 0.0950. The topological polar surface area (TPSA) is 90.5 Å². The van der Waals surface area contributed by atoms with Crippen LogP contribution in [0.5, 0.6) is 0 Å². The maximum atomic E-state index is 12.8. The zero-order valence-electron chi connectivity index (χ0n) is 15.7. The molecule has 0 radical (unpaired) electrons. The SMILES string of the molecule is O=C(Nc1ccc(-c2ccccc2)c2c1C(=O)NC2NCCO)c1ccccc1. The summed E-state index contributed by atoms with van der Waals surface area (Å²) in [5.41, 5.74) is 4.04. The number of nitrogens with one attached hydrogen (secondary N) is 3. The van der Waals surface area contributed by atoms with E-state index in [2.05, 4.69) is 16.0 Å². The van der Waals surface area contributed by atoms with Gasteiger partial charge in [0.1, 0.15) is 6.17 Å². The molecule has 1 unspecified atom stereocenters. The van der Waals surface area contributed by atoms with Gasteiger partial charge in [-0.2, -0.15) is 0 Å². The van der Waals surface area contributed by atoms with Crippen LogP contribution in [-0.4, -0.2) is 30.1 Å². The monoisotopic (exact) mass is 387 g/mol. The van der Waals surface area contributed by atoms with E-state index in [0.717, 1.165) is 16.7 Å². The highest BCUT2D eigenvalue weighted by Crippen LogP contribution is 2.38. The fraction of sp³-hybridized carbons (Fsp3) is 0.130. The van der Waals surface area contributed by atoms with E-state index in [1.165, 1.54) is 0 Å². The third-order valence-corrected chi connectivity index (χ3v) is 4.87. The van der Waals surface area contributed by atoms with Crippen LogP contribution in [0.2, 0.25) is 0 Å². The maximum Gasteiger partial charge on any atom is 0.255 e. The minimum absolute atomic E-state index is 0.0488. The number of rotatable bonds is 6. The van der Waals surface area contributed by atoms with Crippen LogP contribution in [0.25, 0.3) is 11.1 Å². The molecule has 1 atom stereocenters. The molecule has 146 valence electrons. The Morgan fingerprint density at radius 2 is 1.66 bits per heavy atom. The van der Waals surface area contributed by atoms with Crippen molar-refractivity contribution < 1.29 is 14.7 Å². The normalized spacial score (nSPS) is 14.9. The Bertz CT molecular complexity index is 1040. The van der Waals surface area contributed by atoms with Crippen LogP contribution < -0.4 is 16.0 Å². The van der Waals surface area contributed by atoms with Crippen molar-refractivity contribution in [1.29, 1.82) is 0 Å². The lowest BCUT2D eigenvalue weighted by Gasteiger charge is -2.18. The van der Waals surface area contributed by atoms with Crippen molar-refractivity contribution in [2.24, 2.45) is 0 Å². The number of fused-ring (bicyclic) bond motifs is 1. The number of benzene rings is 3. The molecule has 0 spiro atoms. The molecule has 3 aromatic carbocycles. The zero-order valence-corrected chi connectivity index (χ0v) is 15.7. The number of aliphatic hydroxyl groups is 1. The summed E-state index contributed by atoms with van der Waals surface area (Å²) in [5.74, 6) is -0.545. The third-order valence-electron chi connectivity index (χ3n) is 4.87. The number of carbonyl (C=O) groups excluding carboxylic acids is 2. The molecule has 0 aliphatic carbocycles. The molecule has 0 aromatic heterocycles. The zero-order chi connectivity index (χ0) is 20.2. The molecule has 4 N–H and O–H groups in total. The van der Waals surface area contributed by atoms with Gasteiger partial charge in [-0.25, -0.2) is 0 Å². The second-order valence-corrected chi connectivity index (χ2v) is 6.72. The summed E-state index contributed by atoms with van der Waals surface area (Å²) in [4.78, 5) is 25.4. The fourth-order valence-electron chi connectivity index (χ4n) is 3.56. The molecule has 6 heteroatoms. The number of hydrogen-bond acceptors (Lipinski definition) is 4. The van der Waals surface area contributed by atoms with Gasteiger partial charge >= 0.3 is 0 Å². The summed E-state index contributed by atoms with van der Waals surface area (Å²) in [6.45, 7) is 0.284. The molecule has 1 aliphatic heterocycles. The average Bonchev–Trinajstić information content (AvgIpc) is 3.10. The van der Waals surface area contributed by atoms with Gasteiger partial charge in [-0.05, 0) is 29.3 Å². The first kappa shape index (κ1) is 18.9. The van der Waals surface area contributed by atoms with Crippen LogP contribution in [0, 0.1) is 0 Å². The highest BCUT2D eigenvalue weighted by atomic mass is 16.3. The summed E-state index contributed by atoms with van der Waals surface area (Å²) in [7, 11) is 0. The van der Waals surface area contributed by atoms with E-state index in [-0.39, 0.29) is 18.4 Å². The predicted octanol–water partition coefficient (Wildman–Crippen LogP) is 2.93. The maximum absolute atomic E-state index is 12.8. The summed E-state index contributed by atoms with van der Waals surface area (Å²) in [6, 6.07) is 22.3. The van der Waals surface area contributed by atoms with Gasteiger partial charge in [0.05, 0.1) is 17.9 Å². The first-order chi connectivity index (χ1) is 14.2. The Hall–Kier alpha value is -3.48. The van der Waals surface area contributed by atoms with Crippen LogP contribution >= 0.6 is 0 Å². The number of anilines is 1. The highest BCUT2D eigenvalue weighted by Gasteiger charge is 2.34. The lowest BCUT2D eigenvalue weighted by Crippen LogP contribution is -2.33. The van der Waals surface area contributed by atoms with Gasteiger partial charge < -0.3 is 15.7 Å². The standard InChI is InChI=1S/C23H21N3O3/c27-14-13-24-21-19-17(15-7-3-1-4-8-15)11-12-18(20(19)23(29)26-21)25-22(28)16-9-5-2-6-10-16/h1-12,21,24,27H,13-14H2,(H,25,28)(H,26,29). The molecular formula is C23H21N3O3. The molecule has 0 saturated carbocycles. The van der Waals surface area contributed by atoms with Crippen molar-refractivity contribution >= 4 is 17.5 Å². The second-order valence-electron chi connectivity index (χ2n) is 6.72. The minimum Gasteiger partial charge on any atom is -0.395 e. The molecule has 0 bridgehead atoms. The molecule has 4 rings (SSSR count). The first-order valence-electron chi connectivity index (χ1n) is 9.43. The van der Waals surface area contributed by atoms with Crippen molar-refractivity contribution in [3.8, 4) is 11.1 Å². The summed E-state index contributed by atoms with van der Waals surface area (Å²) in [6.07, 6.45) is -0.451. The predicted molar refractivity (Wildman–Crippen MR) is 112 cm³/mol. The van der Waals surface area contributed by atoms with E-state index in [9.17, 15) is 14.7 Å². The molecular weight excluding hydrogens is 366 g/mol. The van der Waals surface area contributed by atoms with Gasteiger partial charge in [0.15, 0.2) is 0 Å². The Morgan fingerprint density at radius 1 is 0.966 bits per heavy atom. The van der Waals surface area contributed by atoms with Gasteiger partial charge in [-0.3, -0.25) is 14.9 Å². The van der Waals surface area contributed by atoms with E-state index in [4.69, 9.17) is 0 Å². The third kappa shape index (κ3) is 3.76.